The van der Waals surface area contributed by atoms with Gasteiger partial charge >= 0.3 is 0 Å². The third-order valence-corrected chi connectivity index (χ3v) is 1.13. The summed E-state index contributed by atoms with van der Waals surface area (Å²) in [4.78, 5) is 3.91. The number of rotatable bonds is 0. The first-order valence-electron chi connectivity index (χ1n) is 3.62. The van der Waals surface area contributed by atoms with Crippen molar-refractivity contribution in [1.29, 1.82) is 0 Å². The molecule has 2 aromatic rings. The molecule has 0 saturated carbocycles. The van der Waals surface area contributed by atoms with E-state index in [1.165, 1.54) is 0 Å². The quantitative estimate of drug-likeness (QED) is 0.578. The number of hydrogen-bond donors (Lipinski definition) is 0. The van der Waals surface area contributed by atoms with Crippen molar-refractivity contribution >= 4 is 11.1 Å². The zero-order valence-corrected chi connectivity index (χ0v) is 6.61. The van der Waals surface area contributed by atoms with Crippen LogP contribution in [0.15, 0.2) is 29.0 Å². The standard InChI is InChI=1S/C6H4N2O.C2H6/c1-2-5-4-8-9-6(5)7-3-1;1-2/h1-4H;1-2H3. The molecule has 2 heterocycles. The highest BCUT2D eigenvalue weighted by atomic mass is 16.5. The smallest absolute Gasteiger partial charge is 0.257 e. The van der Waals surface area contributed by atoms with E-state index in [9.17, 15) is 0 Å². The average molecular weight is 150 g/mol. The Balaban J connectivity index is 0.000000281. The minimum Gasteiger partial charge on any atom is -0.336 e. The molecule has 0 spiro atoms. The van der Waals surface area contributed by atoms with Crippen molar-refractivity contribution in [3.8, 4) is 0 Å². The third-order valence-electron chi connectivity index (χ3n) is 1.13. The van der Waals surface area contributed by atoms with E-state index in [4.69, 9.17) is 4.52 Å². The molecule has 0 radical (unpaired) electrons. The highest BCUT2D eigenvalue weighted by molar-refractivity contribution is 5.70. The summed E-state index contributed by atoms with van der Waals surface area (Å²) in [6, 6.07) is 3.75. The molecule has 0 unspecified atom stereocenters. The van der Waals surface area contributed by atoms with Gasteiger partial charge in [0, 0.05) is 6.20 Å². The maximum Gasteiger partial charge on any atom is 0.257 e. The van der Waals surface area contributed by atoms with Crippen molar-refractivity contribution in [2.75, 3.05) is 0 Å². The number of fused-ring (bicyclic) bond motifs is 1. The van der Waals surface area contributed by atoms with Gasteiger partial charge in [0.05, 0.1) is 11.6 Å². The van der Waals surface area contributed by atoms with Crippen molar-refractivity contribution in [3.05, 3.63) is 24.5 Å². The molecular formula is C8H10N2O. The van der Waals surface area contributed by atoms with Gasteiger partial charge in [0.2, 0.25) is 0 Å². The molecule has 2 aromatic heterocycles. The molecule has 0 aliphatic rings. The minimum atomic E-state index is 0.595. The molecular weight excluding hydrogens is 140 g/mol. The zero-order chi connectivity index (χ0) is 8.10. The van der Waals surface area contributed by atoms with E-state index in [2.05, 4.69) is 10.1 Å². The van der Waals surface area contributed by atoms with Gasteiger partial charge in [-0.15, -0.1) is 0 Å². The maximum absolute atomic E-state index is 4.76. The largest absolute Gasteiger partial charge is 0.336 e. The van der Waals surface area contributed by atoms with Gasteiger partial charge in [0.1, 0.15) is 0 Å². The Labute approximate surface area is 65.0 Å². The Morgan fingerprint density at radius 1 is 1.36 bits per heavy atom. The van der Waals surface area contributed by atoms with Gasteiger partial charge in [-0.1, -0.05) is 19.0 Å². The molecule has 3 heteroatoms. The summed E-state index contributed by atoms with van der Waals surface area (Å²) >= 11 is 0. The van der Waals surface area contributed by atoms with Gasteiger partial charge in [-0.2, -0.15) is 0 Å². The molecule has 0 bridgehead atoms. The van der Waals surface area contributed by atoms with E-state index >= 15 is 0 Å². The van der Waals surface area contributed by atoms with Crippen LogP contribution in [0.25, 0.3) is 11.1 Å². The monoisotopic (exact) mass is 150 g/mol. The van der Waals surface area contributed by atoms with E-state index < -0.39 is 0 Å². The Kier molecular flexibility index (Phi) is 2.60. The summed E-state index contributed by atoms with van der Waals surface area (Å²) in [6.07, 6.45) is 3.32. The molecule has 0 N–H and O–H groups in total. The lowest BCUT2D eigenvalue weighted by Gasteiger charge is -1.78. The SMILES string of the molecule is CC.c1cnc2oncc2c1. The van der Waals surface area contributed by atoms with E-state index in [1.54, 1.807) is 12.4 Å². The predicted octanol–water partition coefficient (Wildman–Crippen LogP) is 2.25. The first kappa shape index (κ1) is 7.72. The summed E-state index contributed by atoms with van der Waals surface area (Å²) in [5.74, 6) is 0. The van der Waals surface area contributed by atoms with Crippen LogP contribution in [0.2, 0.25) is 0 Å². The van der Waals surface area contributed by atoms with Crippen LogP contribution >= 0.6 is 0 Å². The molecule has 0 atom stereocenters. The number of hydrogen-bond acceptors (Lipinski definition) is 3. The molecule has 0 amide bonds. The molecule has 11 heavy (non-hydrogen) atoms. The summed E-state index contributed by atoms with van der Waals surface area (Å²) in [5.41, 5.74) is 0.595. The second-order valence-corrected chi connectivity index (χ2v) is 1.72. The van der Waals surface area contributed by atoms with Gasteiger partial charge in [0.15, 0.2) is 0 Å². The fourth-order valence-electron chi connectivity index (χ4n) is 0.711. The highest BCUT2D eigenvalue weighted by Gasteiger charge is 1.93. The van der Waals surface area contributed by atoms with Gasteiger partial charge in [-0.3, -0.25) is 0 Å². The highest BCUT2D eigenvalue weighted by Crippen LogP contribution is 2.06. The van der Waals surface area contributed by atoms with Crippen molar-refractivity contribution in [2.24, 2.45) is 0 Å². The van der Waals surface area contributed by atoms with Crippen LogP contribution in [-0.2, 0) is 0 Å². The van der Waals surface area contributed by atoms with Crippen molar-refractivity contribution in [3.63, 3.8) is 0 Å². The van der Waals surface area contributed by atoms with Crippen molar-refractivity contribution < 1.29 is 4.52 Å². The summed E-state index contributed by atoms with van der Waals surface area (Å²) < 4.78 is 4.76. The van der Waals surface area contributed by atoms with Crippen molar-refractivity contribution in [1.82, 2.24) is 10.1 Å². The lowest BCUT2D eigenvalue weighted by atomic mass is 10.4. The van der Waals surface area contributed by atoms with Crippen LogP contribution in [0.1, 0.15) is 13.8 Å². The number of pyridine rings is 1. The van der Waals surface area contributed by atoms with Gasteiger partial charge in [-0.05, 0) is 12.1 Å². The number of aromatic nitrogens is 2. The molecule has 58 valence electrons. The summed E-state index contributed by atoms with van der Waals surface area (Å²) in [7, 11) is 0. The number of nitrogens with zero attached hydrogens (tertiary/aromatic N) is 2. The van der Waals surface area contributed by atoms with E-state index in [0.29, 0.717) is 5.71 Å². The summed E-state index contributed by atoms with van der Waals surface area (Å²) in [6.45, 7) is 4.00. The molecule has 0 aliphatic heterocycles. The molecule has 0 aromatic carbocycles. The van der Waals surface area contributed by atoms with Gasteiger partial charge < -0.3 is 4.52 Å². The first-order chi connectivity index (χ1) is 5.47. The van der Waals surface area contributed by atoms with Crippen molar-refractivity contribution in [2.45, 2.75) is 13.8 Å². The second kappa shape index (κ2) is 3.71. The Morgan fingerprint density at radius 2 is 2.18 bits per heavy atom. The van der Waals surface area contributed by atoms with E-state index in [-0.39, 0.29) is 0 Å². The van der Waals surface area contributed by atoms with Crippen LogP contribution < -0.4 is 0 Å². The van der Waals surface area contributed by atoms with Crippen LogP contribution in [0, 0.1) is 0 Å². The topological polar surface area (TPSA) is 38.9 Å². The first-order valence-corrected chi connectivity index (χ1v) is 3.62. The third kappa shape index (κ3) is 1.55. The molecule has 0 fully saturated rings. The van der Waals surface area contributed by atoms with Gasteiger partial charge in [-0.25, -0.2) is 4.98 Å². The second-order valence-electron chi connectivity index (χ2n) is 1.72. The lowest BCUT2D eigenvalue weighted by molar-refractivity contribution is 0.448. The Morgan fingerprint density at radius 3 is 2.91 bits per heavy atom. The van der Waals surface area contributed by atoms with Crippen LogP contribution in [0.5, 0.6) is 0 Å². The fourth-order valence-corrected chi connectivity index (χ4v) is 0.711. The molecule has 3 nitrogen and oxygen atoms in total. The maximum atomic E-state index is 4.76. The van der Waals surface area contributed by atoms with Crippen LogP contribution in [0.4, 0.5) is 0 Å². The Bertz CT molecular complexity index is 286. The predicted molar refractivity (Wildman–Crippen MR) is 43.2 cm³/mol. The van der Waals surface area contributed by atoms with Crippen LogP contribution in [-0.4, -0.2) is 10.1 Å². The normalized spacial score (nSPS) is 8.91. The minimum absolute atomic E-state index is 0.595. The van der Waals surface area contributed by atoms with E-state index in [1.807, 2.05) is 26.0 Å². The van der Waals surface area contributed by atoms with E-state index in [0.717, 1.165) is 5.39 Å². The molecule has 0 saturated heterocycles. The molecule has 0 aliphatic carbocycles. The zero-order valence-electron chi connectivity index (χ0n) is 6.61. The summed E-state index contributed by atoms with van der Waals surface area (Å²) in [5, 5.41) is 4.51. The average Bonchev–Trinajstić information content (AvgIpc) is 2.55. The van der Waals surface area contributed by atoms with Gasteiger partial charge in [0.25, 0.3) is 5.71 Å². The lowest BCUT2D eigenvalue weighted by Crippen LogP contribution is -1.66. The fraction of sp³-hybridized carbons (Fsp3) is 0.250. The molecule has 2 rings (SSSR count). The Hall–Kier alpha value is -1.38. The van der Waals surface area contributed by atoms with Crippen LogP contribution in [0.3, 0.4) is 0 Å².